The van der Waals surface area contributed by atoms with Crippen molar-refractivity contribution in [3.63, 3.8) is 0 Å². The maximum Gasteiger partial charge on any atom is 0.407 e. The van der Waals surface area contributed by atoms with Gasteiger partial charge in [-0.1, -0.05) is 68.3 Å². The number of ether oxygens (including phenoxy) is 2. The molecule has 2 amide bonds. The molecule has 34 heavy (non-hydrogen) atoms. The van der Waals surface area contributed by atoms with Gasteiger partial charge in [-0.15, -0.1) is 0 Å². The van der Waals surface area contributed by atoms with Gasteiger partial charge < -0.3 is 20.1 Å². The Morgan fingerprint density at radius 1 is 0.706 bits per heavy atom. The molecule has 2 aromatic rings. The molecule has 186 valence electrons. The molecule has 6 nitrogen and oxygen atoms in total. The minimum absolute atomic E-state index is 0.464. The van der Waals surface area contributed by atoms with Gasteiger partial charge in [0.25, 0.3) is 0 Å². The highest BCUT2D eigenvalue weighted by Gasteiger charge is 2.30. The first kappa shape index (κ1) is 28.2. The van der Waals surface area contributed by atoms with E-state index in [9.17, 15) is 9.59 Å². The Morgan fingerprint density at radius 3 is 1.32 bits per heavy atom. The van der Waals surface area contributed by atoms with Crippen LogP contribution >= 0.6 is 31.9 Å². The summed E-state index contributed by atoms with van der Waals surface area (Å²) in [5, 5.41) is 5.98. The van der Waals surface area contributed by atoms with E-state index >= 15 is 0 Å². The average Bonchev–Trinajstić information content (AvgIpc) is 2.67. The summed E-state index contributed by atoms with van der Waals surface area (Å²) in [5.74, 6) is 0. The number of alkyl carbamates (subject to hydrolysis) is 2. The summed E-state index contributed by atoms with van der Waals surface area (Å²) in [6.07, 6.45) is -0.169. The predicted octanol–water partition coefficient (Wildman–Crippen LogP) is 6.78. The molecule has 0 saturated heterocycles. The summed E-state index contributed by atoms with van der Waals surface area (Å²) in [7, 11) is 0. The summed E-state index contributed by atoms with van der Waals surface area (Å²) >= 11 is 7.19. The zero-order chi connectivity index (χ0) is 25.5. The fourth-order valence-electron chi connectivity index (χ4n) is 3.31. The van der Waals surface area contributed by atoms with Crippen molar-refractivity contribution in [1.29, 1.82) is 0 Å². The van der Waals surface area contributed by atoms with Crippen LogP contribution in [0.2, 0.25) is 0 Å². The first-order valence-corrected chi connectivity index (χ1v) is 12.8. The van der Waals surface area contributed by atoms with Crippen molar-refractivity contribution in [2.45, 2.75) is 77.7 Å². The van der Waals surface area contributed by atoms with Crippen molar-refractivity contribution in [3.05, 3.63) is 68.6 Å². The van der Waals surface area contributed by atoms with Crippen LogP contribution in [0.3, 0.4) is 0 Å². The van der Waals surface area contributed by atoms with Crippen LogP contribution in [0, 0.1) is 0 Å². The quantitative estimate of drug-likeness (QED) is 0.369. The lowest BCUT2D eigenvalue weighted by Gasteiger charge is -2.31. The van der Waals surface area contributed by atoms with Crippen molar-refractivity contribution < 1.29 is 19.1 Å². The van der Waals surface area contributed by atoms with Gasteiger partial charge in [-0.3, -0.25) is 0 Å². The van der Waals surface area contributed by atoms with Crippen LogP contribution in [0.4, 0.5) is 9.59 Å². The molecule has 0 radical (unpaired) electrons. The zero-order valence-electron chi connectivity index (χ0n) is 20.6. The second-order valence-corrected chi connectivity index (χ2v) is 11.8. The summed E-state index contributed by atoms with van der Waals surface area (Å²) in [4.78, 5) is 25.6. The van der Waals surface area contributed by atoms with E-state index in [-0.39, 0.29) is 0 Å². The molecule has 8 heteroatoms. The van der Waals surface area contributed by atoms with Crippen LogP contribution in [0.5, 0.6) is 0 Å². The van der Waals surface area contributed by atoms with Crippen molar-refractivity contribution in [1.82, 2.24) is 10.6 Å². The second kappa shape index (κ2) is 12.1. The van der Waals surface area contributed by atoms with E-state index in [1.807, 2.05) is 90.1 Å². The minimum atomic E-state index is -0.654. The number of carbonyl (C=O) groups excluding carboxylic acids is 2. The van der Waals surface area contributed by atoms with E-state index in [0.717, 1.165) is 20.1 Å². The first-order valence-electron chi connectivity index (χ1n) is 11.2. The standard InChI is InChI=1S/C26H34Br2N2O4/c1-25(2,3)33-23(31)29-21(15-17-11-7-9-13-19(17)27)22(30-24(32)34-26(4,5)6)16-18-12-8-10-14-20(18)28/h7-14,21-22H,15-16H2,1-6H3,(H,29,31)(H,30,32)/t21-,22-/m0/s1. The van der Waals surface area contributed by atoms with E-state index < -0.39 is 35.5 Å². The average molecular weight is 598 g/mol. The SMILES string of the molecule is CC(C)(C)OC(=O)N[C@@H](Cc1ccccc1Br)[C@H](Cc1ccccc1Br)NC(=O)OC(C)(C)C. The normalized spacial score (nSPS) is 13.5. The molecule has 0 aliphatic rings. The third kappa shape index (κ3) is 10.1. The largest absolute Gasteiger partial charge is 0.444 e. The number of amides is 2. The number of benzene rings is 2. The topological polar surface area (TPSA) is 76.7 Å². The Bertz CT molecular complexity index is 904. The summed E-state index contributed by atoms with van der Waals surface area (Å²) in [6, 6.07) is 14.6. The molecular weight excluding hydrogens is 564 g/mol. The predicted molar refractivity (Wildman–Crippen MR) is 142 cm³/mol. The highest BCUT2D eigenvalue weighted by molar-refractivity contribution is 9.10. The lowest BCUT2D eigenvalue weighted by Crippen LogP contribution is -2.55. The molecule has 0 aliphatic heterocycles. The van der Waals surface area contributed by atoms with Crippen LogP contribution in [-0.4, -0.2) is 35.5 Å². The van der Waals surface area contributed by atoms with E-state index in [1.54, 1.807) is 0 Å². The molecular formula is C26H34Br2N2O4. The number of hydrogen-bond donors (Lipinski definition) is 2. The number of hydrogen-bond acceptors (Lipinski definition) is 4. The number of nitrogens with one attached hydrogen (secondary N) is 2. The third-order valence-electron chi connectivity index (χ3n) is 4.69. The van der Waals surface area contributed by atoms with Gasteiger partial charge in [0.15, 0.2) is 0 Å². The Kier molecular flexibility index (Phi) is 10.0. The monoisotopic (exact) mass is 596 g/mol. The van der Waals surface area contributed by atoms with Gasteiger partial charge in [0, 0.05) is 8.95 Å². The lowest BCUT2D eigenvalue weighted by atomic mass is 9.94. The summed E-state index contributed by atoms with van der Waals surface area (Å²) in [6.45, 7) is 10.9. The second-order valence-electron chi connectivity index (χ2n) is 10.1. The van der Waals surface area contributed by atoms with Crippen LogP contribution in [0.1, 0.15) is 52.7 Å². The zero-order valence-corrected chi connectivity index (χ0v) is 23.7. The van der Waals surface area contributed by atoms with Crippen molar-refractivity contribution in [3.8, 4) is 0 Å². The van der Waals surface area contributed by atoms with Crippen LogP contribution in [0.25, 0.3) is 0 Å². The molecule has 0 aromatic heterocycles. The molecule has 0 spiro atoms. The van der Waals surface area contributed by atoms with Crippen LogP contribution in [0.15, 0.2) is 57.5 Å². The van der Waals surface area contributed by atoms with Crippen LogP contribution in [-0.2, 0) is 22.3 Å². The molecule has 2 aromatic carbocycles. The molecule has 0 saturated carbocycles. The fourth-order valence-corrected chi connectivity index (χ4v) is 4.20. The van der Waals surface area contributed by atoms with E-state index in [0.29, 0.717) is 12.8 Å². The Hall–Kier alpha value is -2.06. The van der Waals surface area contributed by atoms with Gasteiger partial charge in [-0.25, -0.2) is 9.59 Å². The molecule has 0 unspecified atom stereocenters. The fraction of sp³-hybridized carbons (Fsp3) is 0.462. The van der Waals surface area contributed by atoms with Gasteiger partial charge in [0.05, 0.1) is 12.1 Å². The Balaban J connectivity index is 2.41. The highest BCUT2D eigenvalue weighted by atomic mass is 79.9. The summed E-state index contributed by atoms with van der Waals surface area (Å²) < 4.78 is 12.9. The number of halogens is 2. The van der Waals surface area contributed by atoms with Gasteiger partial charge in [-0.05, 0) is 77.6 Å². The molecule has 0 fully saturated rings. The van der Waals surface area contributed by atoms with Crippen molar-refractivity contribution in [2.75, 3.05) is 0 Å². The Morgan fingerprint density at radius 2 is 1.03 bits per heavy atom. The maximum atomic E-state index is 12.8. The molecule has 2 atom stereocenters. The van der Waals surface area contributed by atoms with E-state index in [4.69, 9.17) is 9.47 Å². The molecule has 2 N–H and O–H groups in total. The molecule has 2 rings (SSSR count). The number of carbonyl (C=O) groups is 2. The minimum Gasteiger partial charge on any atom is -0.444 e. The van der Waals surface area contributed by atoms with E-state index in [1.165, 1.54) is 0 Å². The van der Waals surface area contributed by atoms with Gasteiger partial charge >= 0.3 is 12.2 Å². The number of rotatable bonds is 7. The Labute approximate surface area is 219 Å². The van der Waals surface area contributed by atoms with Gasteiger partial charge in [-0.2, -0.15) is 0 Å². The molecule has 0 aliphatic carbocycles. The first-order chi connectivity index (χ1) is 15.7. The smallest absolute Gasteiger partial charge is 0.407 e. The molecule has 0 heterocycles. The highest BCUT2D eigenvalue weighted by Crippen LogP contribution is 2.23. The van der Waals surface area contributed by atoms with Crippen molar-refractivity contribution >= 4 is 44.0 Å². The van der Waals surface area contributed by atoms with Gasteiger partial charge in [0.2, 0.25) is 0 Å². The summed E-state index contributed by atoms with van der Waals surface area (Å²) in [5.41, 5.74) is 0.676. The van der Waals surface area contributed by atoms with E-state index in [2.05, 4.69) is 42.5 Å². The van der Waals surface area contributed by atoms with Crippen molar-refractivity contribution in [2.24, 2.45) is 0 Å². The maximum absolute atomic E-state index is 12.8. The van der Waals surface area contributed by atoms with Gasteiger partial charge in [0.1, 0.15) is 11.2 Å². The lowest BCUT2D eigenvalue weighted by molar-refractivity contribution is 0.0428. The molecule has 0 bridgehead atoms. The van der Waals surface area contributed by atoms with Crippen LogP contribution < -0.4 is 10.6 Å². The third-order valence-corrected chi connectivity index (χ3v) is 6.23.